The SMILES string of the molecule is COC(=O)[C@H]1CC[C@H](c2ccc(OC)cc2)CN1. The van der Waals surface area contributed by atoms with Gasteiger partial charge in [0.2, 0.25) is 0 Å². The van der Waals surface area contributed by atoms with Crippen LogP contribution in [0.15, 0.2) is 24.3 Å². The van der Waals surface area contributed by atoms with Gasteiger partial charge in [0.25, 0.3) is 0 Å². The molecule has 1 aliphatic rings. The molecule has 1 heterocycles. The van der Waals surface area contributed by atoms with E-state index in [1.165, 1.54) is 12.7 Å². The number of carbonyl (C=O) groups excluding carboxylic acids is 1. The second-order valence-electron chi connectivity index (χ2n) is 4.53. The normalized spacial score (nSPS) is 23.4. The molecular weight excluding hydrogens is 230 g/mol. The Balaban J connectivity index is 1.94. The average Bonchev–Trinajstić information content (AvgIpc) is 2.47. The van der Waals surface area contributed by atoms with Gasteiger partial charge in [-0.3, -0.25) is 4.79 Å². The third-order valence-corrected chi connectivity index (χ3v) is 3.49. The van der Waals surface area contributed by atoms with Crippen LogP contribution in [0.3, 0.4) is 0 Å². The molecule has 1 N–H and O–H groups in total. The van der Waals surface area contributed by atoms with Gasteiger partial charge in [0, 0.05) is 6.54 Å². The zero-order chi connectivity index (χ0) is 13.0. The second kappa shape index (κ2) is 5.87. The summed E-state index contributed by atoms with van der Waals surface area (Å²) in [7, 11) is 3.09. The van der Waals surface area contributed by atoms with Crippen molar-refractivity contribution in [3.63, 3.8) is 0 Å². The largest absolute Gasteiger partial charge is 0.497 e. The highest BCUT2D eigenvalue weighted by Gasteiger charge is 2.26. The molecule has 4 heteroatoms. The molecule has 2 atom stereocenters. The summed E-state index contributed by atoms with van der Waals surface area (Å²) in [5.41, 5.74) is 1.28. The number of methoxy groups -OCH3 is 2. The first kappa shape index (κ1) is 12.9. The average molecular weight is 249 g/mol. The summed E-state index contributed by atoms with van der Waals surface area (Å²) in [5.74, 6) is 1.16. The minimum Gasteiger partial charge on any atom is -0.497 e. The lowest BCUT2D eigenvalue weighted by Gasteiger charge is -2.28. The minimum absolute atomic E-state index is 0.149. The summed E-state index contributed by atoms with van der Waals surface area (Å²) in [6, 6.07) is 7.97. The highest BCUT2D eigenvalue weighted by atomic mass is 16.5. The fourth-order valence-electron chi connectivity index (χ4n) is 2.36. The van der Waals surface area contributed by atoms with Crippen LogP contribution in [0.2, 0.25) is 0 Å². The predicted octanol–water partition coefficient (Wildman–Crippen LogP) is 1.70. The van der Waals surface area contributed by atoms with Crippen LogP contribution in [0.25, 0.3) is 0 Å². The highest BCUT2D eigenvalue weighted by molar-refractivity contribution is 5.75. The summed E-state index contributed by atoms with van der Waals surface area (Å²) < 4.78 is 9.89. The molecule has 2 rings (SSSR count). The van der Waals surface area contributed by atoms with E-state index in [2.05, 4.69) is 17.4 Å². The Hall–Kier alpha value is -1.55. The maximum atomic E-state index is 11.4. The molecule has 0 spiro atoms. The van der Waals surface area contributed by atoms with Gasteiger partial charge in [-0.25, -0.2) is 0 Å². The molecular formula is C14H19NO3. The number of hydrogen-bond donors (Lipinski definition) is 1. The lowest BCUT2D eigenvalue weighted by molar-refractivity contribution is -0.143. The summed E-state index contributed by atoms with van der Waals surface area (Å²) in [4.78, 5) is 11.4. The fourth-order valence-corrected chi connectivity index (χ4v) is 2.36. The molecule has 0 unspecified atom stereocenters. The van der Waals surface area contributed by atoms with Crippen molar-refractivity contribution in [1.29, 1.82) is 0 Å². The molecule has 0 bridgehead atoms. The first-order chi connectivity index (χ1) is 8.74. The van der Waals surface area contributed by atoms with Crippen molar-refractivity contribution in [1.82, 2.24) is 5.32 Å². The Bertz CT molecular complexity index is 394. The Kier molecular flexibility index (Phi) is 4.20. The molecule has 1 aromatic carbocycles. The minimum atomic E-state index is -0.164. The van der Waals surface area contributed by atoms with E-state index >= 15 is 0 Å². The molecule has 0 radical (unpaired) electrons. The van der Waals surface area contributed by atoms with E-state index in [4.69, 9.17) is 9.47 Å². The Morgan fingerprint density at radius 1 is 1.22 bits per heavy atom. The van der Waals surface area contributed by atoms with Crippen LogP contribution in [-0.4, -0.2) is 32.8 Å². The van der Waals surface area contributed by atoms with Gasteiger partial charge in [-0.1, -0.05) is 12.1 Å². The third kappa shape index (κ3) is 2.82. The second-order valence-corrected chi connectivity index (χ2v) is 4.53. The van der Waals surface area contributed by atoms with Crippen molar-refractivity contribution in [3.05, 3.63) is 29.8 Å². The maximum Gasteiger partial charge on any atom is 0.322 e. The van der Waals surface area contributed by atoms with Crippen molar-refractivity contribution in [2.24, 2.45) is 0 Å². The maximum absolute atomic E-state index is 11.4. The summed E-state index contributed by atoms with van der Waals surface area (Å²) in [6.07, 6.45) is 1.82. The first-order valence-corrected chi connectivity index (χ1v) is 6.19. The van der Waals surface area contributed by atoms with E-state index < -0.39 is 0 Å². The fraction of sp³-hybridized carbons (Fsp3) is 0.500. The standard InChI is InChI=1S/C14H19NO3/c1-17-12-6-3-10(4-7-12)11-5-8-13(15-9-11)14(16)18-2/h3-4,6-7,11,13,15H,5,8-9H2,1-2H3/t11-,13+/m0/s1. The lowest BCUT2D eigenvalue weighted by atomic mass is 9.89. The number of ether oxygens (including phenoxy) is 2. The van der Waals surface area contributed by atoms with Gasteiger partial charge < -0.3 is 14.8 Å². The molecule has 1 saturated heterocycles. The van der Waals surface area contributed by atoms with Crippen LogP contribution in [0, 0.1) is 0 Å². The summed E-state index contributed by atoms with van der Waals surface area (Å²) in [6.45, 7) is 0.812. The van der Waals surface area contributed by atoms with E-state index in [-0.39, 0.29) is 12.0 Å². The van der Waals surface area contributed by atoms with Crippen LogP contribution in [0.5, 0.6) is 5.75 Å². The molecule has 4 nitrogen and oxygen atoms in total. The monoisotopic (exact) mass is 249 g/mol. The highest BCUT2D eigenvalue weighted by Crippen LogP contribution is 2.26. The van der Waals surface area contributed by atoms with Crippen molar-refractivity contribution in [2.45, 2.75) is 24.8 Å². The number of esters is 1. The molecule has 98 valence electrons. The molecule has 1 fully saturated rings. The van der Waals surface area contributed by atoms with Crippen molar-refractivity contribution >= 4 is 5.97 Å². The Morgan fingerprint density at radius 3 is 2.44 bits per heavy atom. The Labute approximate surface area is 107 Å². The van der Waals surface area contributed by atoms with Gasteiger partial charge in [0.1, 0.15) is 11.8 Å². The first-order valence-electron chi connectivity index (χ1n) is 6.19. The number of piperidine rings is 1. The zero-order valence-corrected chi connectivity index (χ0v) is 10.8. The van der Waals surface area contributed by atoms with E-state index in [1.807, 2.05) is 12.1 Å². The predicted molar refractivity (Wildman–Crippen MR) is 68.8 cm³/mol. The van der Waals surface area contributed by atoms with E-state index in [0.29, 0.717) is 5.92 Å². The van der Waals surface area contributed by atoms with Crippen molar-refractivity contribution < 1.29 is 14.3 Å². The van der Waals surface area contributed by atoms with Crippen LogP contribution in [0.1, 0.15) is 24.3 Å². The molecule has 0 amide bonds. The molecule has 1 aliphatic heterocycles. The number of hydrogen-bond acceptors (Lipinski definition) is 4. The van der Waals surface area contributed by atoms with Crippen LogP contribution >= 0.6 is 0 Å². The molecule has 1 aromatic rings. The topological polar surface area (TPSA) is 47.6 Å². The van der Waals surface area contributed by atoms with E-state index in [1.54, 1.807) is 7.11 Å². The van der Waals surface area contributed by atoms with Gasteiger partial charge in [-0.05, 0) is 36.5 Å². The zero-order valence-electron chi connectivity index (χ0n) is 10.8. The summed E-state index contributed by atoms with van der Waals surface area (Å²) >= 11 is 0. The number of carbonyl (C=O) groups is 1. The van der Waals surface area contributed by atoms with Crippen molar-refractivity contribution in [2.75, 3.05) is 20.8 Å². The Morgan fingerprint density at radius 2 is 1.94 bits per heavy atom. The summed E-state index contributed by atoms with van der Waals surface area (Å²) in [5, 5.41) is 3.24. The molecule has 0 aliphatic carbocycles. The van der Waals surface area contributed by atoms with Gasteiger partial charge >= 0.3 is 5.97 Å². The molecule has 0 saturated carbocycles. The quantitative estimate of drug-likeness (QED) is 0.828. The van der Waals surface area contributed by atoms with Gasteiger partial charge in [-0.2, -0.15) is 0 Å². The van der Waals surface area contributed by atoms with Crippen molar-refractivity contribution in [3.8, 4) is 5.75 Å². The van der Waals surface area contributed by atoms with E-state index in [0.717, 1.165) is 25.1 Å². The van der Waals surface area contributed by atoms with Gasteiger partial charge in [0.05, 0.1) is 14.2 Å². The van der Waals surface area contributed by atoms with Crippen LogP contribution in [0.4, 0.5) is 0 Å². The molecule has 18 heavy (non-hydrogen) atoms. The number of rotatable bonds is 3. The number of nitrogens with one attached hydrogen (secondary N) is 1. The lowest BCUT2D eigenvalue weighted by Crippen LogP contribution is -2.43. The smallest absolute Gasteiger partial charge is 0.322 e. The van der Waals surface area contributed by atoms with E-state index in [9.17, 15) is 4.79 Å². The van der Waals surface area contributed by atoms with Crippen LogP contribution < -0.4 is 10.1 Å². The molecule has 0 aromatic heterocycles. The number of benzene rings is 1. The van der Waals surface area contributed by atoms with Gasteiger partial charge in [0.15, 0.2) is 0 Å². The van der Waals surface area contributed by atoms with Gasteiger partial charge in [-0.15, -0.1) is 0 Å². The van der Waals surface area contributed by atoms with Crippen LogP contribution in [-0.2, 0) is 9.53 Å². The third-order valence-electron chi connectivity index (χ3n) is 3.49.